The molecule has 0 aliphatic carbocycles. The number of piperidine rings is 1. The number of halogens is 1. The van der Waals surface area contributed by atoms with Gasteiger partial charge >= 0.3 is 0 Å². The fourth-order valence-corrected chi connectivity index (χ4v) is 6.01. The molecule has 3 aromatic rings. The number of aromatic nitrogens is 1. The molecule has 212 valence electrons. The van der Waals surface area contributed by atoms with Crippen molar-refractivity contribution in [1.29, 1.82) is 0 Å². The summed E-state index contributed by atoms with van der Waals surface area (Å²) in [6, 6.07) is 16.4. The van der Waals surface area contributed by atoms with E-state index in [1.165, 1.54) is 37.0 Å². The van der Waals surface area contributed by atoms with Gasteiger partial charge in [-0.05, 0) is 56.0 Å². The molecule has 0 radical (unpaired) electrons. The molecule has 0 N–H and O–H groups in total. The Hall–Kier alpha value is -3.52. The highest BCUT2D eigenvalue weighted by Crippen LogP contribution is 2.28. The number of hydrogen-bond donors (Lipinski definition) is 0. The number of carbonyl (C=O) groups excluding carboxylic acids is 2. The summed E-state index contributed by atoms with van der Waals surface area (Å²) in [5.74, 6) is -0.266. The molecule has 0 unspecified atom stereocenters. The van der Waals surface area contributed by atoms with Crippen LogP contribution >= 0.6 is 0 Å². The van der Waals surface area contributed by atoms with Gasteiger partial charge in [0.1, 0.15) is 11.5 Å². The van der Waals surface area contributed by atoms with Crippen molar-refractivity contribution in [2.45, 2.75) is 70.9 Å². The number of amides is 2. The first-order valence-electron chi connectivity index (χ1n) is 14.6. The Bertz CT molecular complexity index is 1300. The normalized spacial score (nSPS) is 18.4. The van der Waals surface area contributed by atoms with Crippen molar-refractivity contribution in [3.63, 3.8) is 0 Å². The number of benzene rings is 2. The van der Waals surface area contributed by atoms with Gasteiger partial charge in [0.15, 0.2) is 0 Å². The van der Waals surface area contributed by atoms with Crippen molar-refractivity contribution in [1.82, 2.24) is 15.0 Å². The Morgan fingerprint density at radius 3 is 2.35 bits per heavy atom. The summed E-state index contributed by atoms with van der Waals surface area (Å²) in [7, 11) is 0. The molecule has 2 aliphatic rings. The number of fused-ring (bicyclic) bond motifs is 1. The molecule has 2 aliphatic heterocycles. The van der Waals surface area contributed by atoms with Gasteiger partial charge in [0.25, 0.3) is 5.91 Å². The first-order valence-corrected chi connectivity index (χ1v) is 14.6. The molecule has 2 amide bonds. The highest BCUT2D eigenvalue weighted by atomic mass is 19.1. The van der Waals surface area contributed by atoms with E-state index >= 15 is 0 Å². The highest BCUT2D eigenvalue weighted by Gasteiger charge is 2.30. The fraction of sp³-hybridized carbons (Fsp3) is 0.469. The van der Waals surface area contributed by atoms with Crippen LogP contribution in [0.25, 0.3) is 11.3 Å². The van der Waals surface area contributed by atoms with Crippen molar-refractivity contribution in [3.05, 3.63) is 71.7 Å². The maximum atomic E-state index is 13.6. The molecular formula is C32H39FN4O3. The van der Waals surface area contributed by atoms with Gasteiger partial charge in [-0.1, -0.05) is 61.2 Å². The standard InChI is InChI=1S/C32H39FN4O3/c1-24(38)37-18-9-5-3-2-4-8-17-36(23-26-11-6-7-14-30(26)37)28-15-19-35(20-16-28)32(39)31-22-29(34-40-31)25-12-10-13-27(33)21-25/h6-7,10-14,21-22,28H,2-5,8-9,15-20,23H2,1H3. The third-order valence-corrected chi connectivity index (χ3v) is 8.22. The molecule has 5 rings (SSSR count). The molecule has 8 heteroatoms. The van der Waals surface area contributed by atoms with Crippen LogP contribution in [0, 0.1) is 5.82 Å². The van der Waals surface area contributed by atoms with Crippen LogP contribution in [0.4, 0.5) is 10.1 Å². The van der Waals surface area contributed by atoms with E-state index in [0.29, 0.717) is 30.4 Å². The van der Waals surface area contributed by atoms with Gasteiger partial charge < -0.3 is 14.3 Å². The van der Waals surface area contributed by atoms with E-state index in [9.17, 15) is 14.0 Å². The average molecular weight is 547 g/mol. The highest BCUT2D eigenvalue weighted by molar-refractivity contribution is 5.93. The monoisotopic (exact) mass is 546 g/mol. The lowest BCUT2D eigenvalue weighted by Crippen LogP contribution is -2.47. The lowest BCUT2D eigenvalue weighted by Gasteiger charge is -2.39. The van der Waals surface area contributed by atoms with Crippen LogP contribution in [-0.4, -0.2) is 59.0 Å². The summed E-state index contributed by atoms with van der Waals surface area (Å²) in [5.41, 5.74) is 3.23. The van der Waals surface area contributed by atoms with E-state index in [2.05, 4.69) is 28.3 Å². The Morgan fingerprint density at radius 1 is 0.875 bits per heavy atom. The minimum absolute atomic E-state index is 0.0914. The molecule has 40 heavy (non-hydrogen) atoms. The van der Waals surface area contributed by atoms with Crippen molar-refractivity contribution in [2.75, 3.05) is 31.1 Å². The zero-order valence-corrected chi connectivity index (χ0v) is 23.4. The van der Waals surface area contributed by atoms with Crippen LogP contribution in [0.15, 0.2) is 59.1 Å². The van der Waals surface area contributed by atoms with E-state index in [0.717, 1.165) is 57.4 Å². The van der Waals surface area contributed by atoms with E-state index in [4.69, 9.17) is 4.52 Å². The van der Waals surface area contributed by atoms with Gasteiger partial charge in [0.2, 0.25) is 11.7 Å². The molecule has 1 aromatic heterocycles. The molecule has 0 spiro atoms. The van der Waals surface area contributed by atoms with Crippen LogP contribution in [0.1, 0.15) is 74.4 Å². The second kappa shape index (κ2) is 13.2. The largest absolute Gasteiger partial charge is 0.350 e. The second-order valence-corrected chi connectivity index (χ2v) is 11.0. The molecule has 3 heterocycles. The molecule has 1 fully saturated rings. The first-order chi connectivity index (χ1) is 19.5. The number of nitrogens with zero attached hydrogens (tertiary/aromatic N) is 4. The van der Waals surface area contributed by atoms with Gasteiger partial charge in [-0.3, -0.25) is 14.5 Å². The molecule has 0 bridgehead atoms. The number of anilines is 1. The summed E-state index contributed by atoms with van der Waals surface area (Å²) >= 11 is 0. The first kappa shape index (κ1) is 28.0. The third kappa shape index (κ3) is 6.78. The van der Waals surface area contributed by atoms with Gasteiger partial charge in [0.05, 0.1) is 0 Å². The van der Waals surface area contributed by atoms with Gasteiger partial charge in [-0.15, -0.1) is 0 Å². The molecule has 0 atom stereocenters. The maximum absolute atomic E-state index is 13.6. The fourth-order valence-electron chi connectivity index (χ4n) is 6.01. The van der Waals surface area contributed by atoms with Gasteiger partial charge in [0, 0.05) is 56.5 Å². The van der Waals surface area contributed by atoms with Gasteiger partial charge in [-0.25, -0.2) is 4.39 Å². The van der Waals surface area contributed by atoms with Crippen LogP contribution in [-0.2, 0) is 11.3 Å². The summed E-state index contributed by atoms with van der Waals surface area (Å²) in [6.45, 7) is 5.49. The Morgan fingerprint density at radius 2 is 1.60 bits per heavy atom. The van der Waals surface area contributed by atoms with Crippen LogP contribution in [0.3, 0.4) is 0 Å². The van der Waals surface area contributed by atoms with E-state index in [1.54, 1.807) is 25.1 Å². The number of likely N-dealkylation sites (tertiary alicyclic amines) is 1. The number of rotatable bonds is 3. The summed E-state index contributed by atoms with van der Waals surface area (Å²) < 4.78 is 19.0. The topological polar surface area (TPSA) is 69.9 Å². The lowest BCUT2D eigenvalue weighted by atomic mass is 10.0. The summed E-state index contributed by atoms with van der Waals surface area (Å²) in [5, 5.41) is 4.00. The number of carbonyl (C=O) groups is 2. The average Bonchev–Trinajstić information content (AvgIpc) is 3.46. The quantitative estimate of drug-likeness (QED) is 0.386. The molecule has 0 saturated carbocycles. The van der Waals surface area contributed by atoms with Crippen LogP contribution in [0.2, 0.25) is 0 Å². The summed E-state index contributed by atoms with van der Waals surface area (Å²) in [4.78, 5) is 32.1. The SMILES string of the molecule is CC(=O)N1CCCCCCCCN(C2CCN(C(=O)c3cc(-c4cccc(F)c4)no3)CC2)Cc2ccccc21. The number of para-hydroxylation sites is 1. The Labute approximate surface area is 235 Å². The summed E-state index contributed by atoms with van der Waals surface area (Å²) in [6.07, 6.45) is 8.71. The van der Waals surface area contributed by atoms with E-state index < -0.39 is 0 Å². The van der Waals surface area contributed by atoms with Crippen molar-refractivity contribution < 1.29 is 18.5 Å². The van der Waals surface area contributed by atoms with Crippen molar-refractivity contribution in [2.24, 2.45) is 0 Å². The minimum atomic E-state index is -0.357. The smallest absolute Gasteiger partial charge is 0.292 e. The van der Waals surface area contributed by atoms with Crippen LogP contribution < -0.4 is 4.90 Å². The predicted octanol–water partition coefficient (Wildman–Crippen LogP) is 6.29. The second-order valence-electron chi connectivity index (χ2n) is 11.0. The molecule has 1 saturated heterocycles. The molecule has 7 nitrogen and oxygen atoms in total. The zero-order valence-electron chi connectivity index (χ0n) is 23.4. The van der Waals surface area contributed by atoms with Gasteiger partial charge in [-0.2, -0.15) is 0 Å². The lowest BCUT2D eigenvalue weighted by molar-refractivity contribution is -0.116. The number of hydrogen-bond acceptors (Lipinski definition) is 5. The maximum Gasteiger partial charge on any atom is 0.292 e. The minimum Gasteiger partial charge on any atom is -0.350 e. The van der Waals surface area contributed by atoms with E-state index in [-0.39, 0.29) is 23.4 Å². The van der Waals surface area contributed by atoms with E-state index in [1.807, 2.05) is 15.9 Å². The Balaban J connectivity index is 1.27. The zero-order chi connectivity index (χ0) is 27.9. The van der Waals surface area contributed by atoms with Crippen LogP contribution in [0.5, 0.6) is 0 Å². The molecular weight excluding hydrogens is 507 g/mol. The third-order valence-electron chi connectivity index (χ3n) is 8.22. The Kier molecular flexibility index (Phi) is 9.26. The predicted molar refractivity (Wildman–Crippen MR) is 153 cm³/mol. The van der Waals surface area contributed by atoms with Crippen molar-refractivity contribution >= 4 is 17.5 Å². The molecule has 2 aromatic carbocycles. The van der Waals surface area contributed by atoms with Crippen molar-refractivity contribution in [3.8, 4) is 11.3 Å².